The van der Waals surface area contributed by atoms with Crippen LogP contribution in [0.4, 0.5) is 0 Å². The van der Waals surface area contributed by atoms with E-state index in [1.54, 1.807) is 0 Å². The fourth-order valence-electron chi connectivity index (χ4n) is 2.93. The topological polar surface area (TPSA) is 73.8 Å². The minimum atomic E-state index is -0.0496. The van der Waals surface area contributed by atoms with Gasteiger partial charge in [0.15, 0.2) is 6.29 Å². The van der Waals surface area contributed by atoms with Gasteiger partial charge in [0.25, 0.3) is 0 Å². The highest BCUT2D eigenvalue weighted by molar-refractivity contribution is 14.1. The van der Waals surface area contributed by atoms with Crippen molar-refractivity contribution in [1.29, 1.82) is 0 Å². The Morgan fingerprint density at radius 3 is 1.47 bits per heavy atom. The average Bonchev–Trinajstić information content (AvgIpc) is 2.82. The molecule has 0 aromatic carbocycles. The van der Waals surface area contributed by atoms with Gasteiger partial charge in [-0.2, -0.15) is 0 Å². The highest BCUT2D eigenvalue weighted by atomic mass is 127. The molecule has 192 valence electrons. The number of unbranched alkanes of at least 4 members (excludes halogenated alkanes) is 3. The van der Waals surface area contributed by atoms with E-state index in [9.17, 15) is 0 Å². The first-order valence-electron chi connectivity index (χ1n) is 12.2. The molecule has 1 fully saturated rings. The first-order chi connectivity index (χ1) is 15.9. The normalized spacial score (nSPS) is 16.6. The molecule has 1 aliphatic rings. The fourth-order valence-corrected chi connectivity index (χ4v) is 3.47. The second-order valence-corrected chi connectivity index (χ2v) is 8.52. The summed E-state index contributed by atoms with van der Waals surface area (Å²) >= 11 is 2.42. The maximum absolute atomic E-state index is 5.60. The third-order valence-corrected chi connectivity index (χ3v) is 5.46. The molecule has 0 amide bonds. The summed E-state index contributed by atoms with van der Waals surface area (Å²) in [6.45, 7) is 8.53. The van der Waals surface area contributed by atoms with Crippen molar-refractivity contribution in [2.75, 3.05) is 96.9 Å². The zero-order valence-electron chi connectivity index (χ0n) is 19.8. The van der Waals surface area contributed by atoms with E-state index in [-0.39, 0.29) is 6.29 Å². The van der Waals surface area contributed by atoms with Gasteiger partial charge < -0.3 is 37.9 Å². The largest absolute Gasteiger partial charge is 0.379 e. The molecule has 8 nitrogen and oxygen atoms in total. The SMILES string of the molecule is ICCCCCCOCCOCCOCCOCCOCCOCCOC1CCCCO1. The van der Waals surface area contributed by atoms with Crippen LogP contribution < -0.4 is 0 Å². The minimum absolute atomic E-state index is 0.0496. The lowest BCUT2D eigenvalue weighted by atomic mass is 10.2. The lowest BCUT2D eigenvalue weighted by Gasteiger charge is -2.22. The molecule has 1 rings (SSSR count). The van der Waals surface area contributed by atoms with E-state index in [0.29, 0.717) is 79.3 Å². The lowest BCUT2D eigenvalue weighted by Crippen LogP contribution is -2.24. The number of alkyl halides is 1. The van der Waals surface area contributed by atoms with E-state index in [0.717, 1.165) is 32.5 Å². The molecule has 0 aliphatic carbocycles. The van der Waals surface area contributed by atoms with Gasteiger partial charge in [0, 0.05) is 13.2 Å². The van der Waals surface area contributed by atoms with E-state index in [2.05, 4.69) is 22.6 Å². The molecule has 0 radical (unpaired) electrons. The number of ether oxygens (including phenoxy) is 8. The average molecular weight is 577 g/mol. The van der Waals surface area contributed by atoms with Crippen molar-refractivity contribution in [1.82, 2.24) is 0 Å². The molecule has 32 heavy (non-hydrogen) atoms. The highest BCUT2D eigenvalue weighted by Crippen LogP contribution is 2.13. The van der Waals surface area contributed by atoms with E-state index in [4.69, 9.17) is 37.9 Å². The van der Waals surface area contributed by atoms with Crippen LogP contribution in [0, 0.1) is 0 Å². The van der Waals surface area contributed by atoms with Crippen molar-refractivity contribution in [3.63, 3.8) is 0 Å². The fraction of sp³-hybridized carbons (Fsp3) is 1.00. The molecule has 1 atom stereocenters. The standard InChI is InChI=1S/C23H45IO8/c24-8-4-1-2-5-9-25-11-12-26-13-14-27-15-16-28-17-18-29-19-20-30-21-22-32-23-7-3-6-10-31-23/h23H,1-22H2. The summed E-state index contributed by atoms with van der Waals surface area (Å²) < 4.78 is 45.2. The summed E-state index contributed by atoms with van der Waals surface area (Å²) in [5.41, 5.74) is 0. The molecule has 1 aliphatic heterocycles. The van der Waals surface area contributed by atoms with Crippen LogP contribution in [-0.2, 0) is 37.9 Å². The van der Waals surface area contributed by atoms with Gasteiger partial charge in [0.2, 0.25) is 0 Å². The second kappa shape index (κ2) is 26.0. The molecular weight excluding hydrogens is 531 g/mol. The molecular formula is C23H45IO8. The smallest absolute Gasteiger partial charge is 0.157 e. The number of rotatable bonds is 25. The van der Waals surface area contributed by atoms with Crippen LogP contribution in [0.2, 0.25) is 0 Å². The Labute approximate surface area is 208 Å². The van der Waals surface area contributed by atoms with Crippen LogP contribution in [0.5, 0.6) is 0 Å². The van der Waals surface area contributed by atoms with E-state index >= 15 is 0 Å². The van der Waals surface area contributed by atoms with Gasteiger partial charge in [-0.1, -0.05) is 35.4 Å². The molecule has 0 aromatic rings. The van der Waals surface area contributed by atoms with Gasteiger partial charge in [-0.05, 0) is 36.5 Å². The van der Waals surface area contributed by atoms with Crippen LogP contribution in [0.25, 0.3) is 0 Å². The molecule has 0 bridgehead atoms. The predicted octanol–water partition coefficient (Wildman–Crippen LogP) is 3.62. The Bertz CT molecular complexity index is 359. The van der Waals surface area contributed by atoms with Crippen LogP contribution in [0.1, 0.15) is 44.9 Å². The van der Waals surface area contributed by atoms with Crippen LogP contribution in [-0.4, -0.2) is 103 Å². The third kappa shape index (κ3) is 22.2. The Morgan fingerprint density at radius 1 is 0.531 bits per heavy atom. The maximum atomic E-state index is 5.60. The van der Waals surface area contributed by atoms with Crippen LogP contribution in [0.15, 0.2) is 0 Å². The van der Waals surface area contributed by atoms with Crippen molar-refractivity contribution in [3.8, 4) is 0 Å². The minimum Gasteiger partial charge on any atom is -0.379 e. The van der Waals surface area contributed by atoms with Crippen LogP contribution in [0.3, 0.4) is 0 Å². The lowest BCUT2D eigenvalue weighted by molar-refractivity contribution is -0.169. The first kappa shape index (κ1) is 30.4. The summed E-state index contributed by atoms with van der Waals surface area (Å²) in [4.78, 5) is 0. The van der Waals surface area contributed by atoms with Gasteiger partial charge in [-0.25, -0.2) is 0 Å². The Balaban J connectivity index is 1.62. The quantitative estimate of drug-likeness (QED) is 0.0928. The molecule has 0 saturated carbocycles. The van der Waals surface area contributed by atoms with Crippen molar-refractivity contribution in [2.24, 2.45) is 0 Å². The summed E-state index contributed by atoms with van der Waals surface area (Å²) in [6, 6.07) is 0. The van der Waals surface area contributed by atoms with Gasteiger partial charge in [-0.15, -0.1) is 0 Å². The first-order valence-corrected chi connectivity index (χ1v) is 13.7. The van der Waals surface area contributed by atoms with Crippen molar-refractivity contribution >= 4 is 22.6 Å². The number of hydrogen-bond acceptors (Lipinski definition) is 8. The second-order valence-electron chi connectivity index (χ2n) is 7.44. The van der Waals surface area contributed by atoms with Crippen molar-refractivity contribution < 1.29 is 37.9 Å². The van der Waals surface area contributed by atoms with Crippen molar-refractivity contribution in [3.05, 3.63) is 0 Å². The molecule has 9 heteroatoms. The Kier molecular flexibility index (Phi) is 24.8. The summed E-state index contributed by atoms with van der Waals surface area (Å²) in [5.74, 6) is 0. The zero-order valence-corrected chi connectivity index (χ0v) is 21.9. The van der Waals surface area contributed by atoms with Crippen LogP contribution >= 0.6 is 22.6 Å². The number of hydrogen-bond donors (Lipinski definition) is 0. The molecule has 1 heterocycles. The maximum Gasteiger partial charge on any atom is 0.157 e. The number of halogens is 1. The Morgan fingerprint density at radius 2 is 1.00 bits per heavy atom. The summed E-state index contributed by atoms with van der Waals surface area (Å²) in [7, 11) is 0. The summed E-state index contributed by atoms with van der Waals surface area (Å²) in [6.07, 6.45) is 8.26. The van der Waals surface area contributed by atoms with Gasteiger partial charge in [0.1, 0.15) is 0 Å². The predicted molar refractivity (Wildman–Crippen MR) is 132 cm³/mol. The Hall–Kier alpha value is 0.410. The van der Waals surface area contributed by atoms with Gasteiger partial charge in [0.05, 0.1) is 79.3 Å². The van der Waals surface area contributed by atoms with Crippen molar-refractivity contribution in [2.45, 2.75) is 51.2 Å². The molecule has 1 saturated heterocycles. The van der Waals surface area contributed by atoms with E-state index < -0.39 is 0 Å². The summed E-state index contributed by atoms with van der Waals surface area (Å²) in [5, 5.41) is 0. The van der Waals surface area contributed by atoms with E-state index in [1.807, 2.05) is 0 Å². The monoisotopic (exact) mass is 576 g/mol. The van der Waals surface area contributed by atoms with Gasteiger partial charge in [-0.3, -0.25) is 0 Å². The molecule has 0 spiro atoms. The third-order valence-electron chi connectivity index (χ3n) is 4.70. The van der Waals surface area contributed by atoms with E-state index in [1.165, 1.54) is 30.1 Å². The molecule has 1 unspecified atom stereocenters. The molecule has 0 aromatic heterocycles. The zero-order chi connectivity index (χ0) is 22.8. The highest BCUT2D eigenvalue weighted by Gasteiger charge is 2.13. The molecule has 0 N–H and O–H groups in total. The van der Waals surface area contributed by atoms with Gasteiger partial charge >= 0.3 is 0 Å².